The van der Waals surface area contributed by atoms with Gasteiger partial charge in [0.1, 0.15) is 11.6 Å². The van der Waals surface area contributed by atoms with Gasteiger partial charge in [0.25, 0.3) is 5.91 Å². The van der Waals surface area contributed by atoms with Crippen molar-refractivity contribution in [3.05, 3.63) is 84.2 Å². The van der Waals surface area contributed by atoms with Crippen LogP contribution in [-0.2, 0) is 9.53 Å². The summed E-state index contributed by atoms with van der Waals surface area (Å²) < 4.78 is 21.3. The Balaban J connectivity index is 1.37. The topological polar surface area (TPSA) is 104 Å². The van der Waals surface area contributed by atoms with Crippen LogP contribution in [0.1, 0.15) is 16.1 Å². The predicted octanol–water partition coefficient (Wildman–Crippen LogP) is 2.70. The molecule has 0 bridgehead atoms. The lowest BCUT2D eigenvalue weighted by atomic mass is 10.3. The molecule has 1 amide bonds. The van der Waals surface area contributed by atoms with Crippen LogP contribution in [0.5, 0.6) is 0 Å². The van der Waals surface area contributed by atoms with Crippen molar-refractivity contribution in [3.8, 4) is 11.5 Å². The predicted molar refractivity (Wildman–Crippen MR) is 109 cm³/mol. The van der Waals surface area contributed by atoms with Crippen molar-refractivity contribution < 1.29 is 18.7 Å². The molecule has 1 N–H and O–H groups in total. The molecule has 0 aliphatic rings. The van der Waals surface area contributed by atoms with E-state index < -0.39 is 18.5 Å². The van der Waals surface area contributed by atoms with Gasteiger partial charge < -0.3 is 10.1 Å². The first-order valence-electron chi connectivity index (χ1n) is 9.25. The Morgan fingerprint density at radius 3 is 2.65 bits per heavy atom. The summed E-state index contributed by atoms with van der Waals surface area (Å²) >= 11 is 0. The largest absolute Gasteiger partial charge is 0.452 e. The van der Waals surface area contributed by atoms with Crippen molar-refractivity contribution >= 4 is 17.7 Å². The molecule has 9 nitrogen and oxygen atoms in total. The molecule has 1 aromatic carbocycles. The fourth-order valence-electron chi connectivity index (χ4n) is 2.81. The van der Waals surface area contributed by atoms with Gasteiger partial charge in [-0.1, -0.05) is 0 Å². The molecule has 3 heterocycles. The van der Waals surface area contributed by atoms with E-state index in [1.165, 1.54) is 41.2 Å². The van der Waals surface area contributed by atoms with E-state index in [1.807, 2.05) is 0 Å². The summed E-state index contributed by atoms with van der Waals surface area (Å²) in [5.74, 6) is -0.688. The van der Waals surface area contributed by atoms with Gasteiger partial charge in [0.2, 0.25) is 0 Å². The second kappa shape index (κ2) is 8.57. The van der Waals surface area contributed by atoms with Crippen LogP contribution >= 0.6 is 0 Å². The van der Waals surface area contributed by atoms with Crippen LogP contribution in [0.2, 0.25) is 0 Å². The van der Waals surface area contributed by atoms with Gasteiger partial charge in [0.15, 0.2) is 12.4 Å². The number of anilines is 1. The number of esters is 1. The number of hydrogen-bond acceptors (Lipinski definition) is 6. The van der Waals surface area contributed by atoms with Crippen LogP contribution in [-0.4, -0.2) is 43.0 Å². The number of carbonyl (C=O) groups excluding carboxylic acids is 2. The number of hydrogen-bond donors (Lipinski definition) is 1. The Morgan fingerprint density at radius 1 is 1.16 bits per heavy atom. The standard InChI is InChI=1S/C21H17FN6O3/c1-14-11-19(28(26-14)17-6-4-16(22)5-7-17)25-20(29)13-31-21(30)15-3-8-18(23-12-15)27-10-2-9-24-27/h2-12H,13H2,1H3,(H,25,29). The van der Waals surface area contributed by atoms with E-state index in [0.29, 0.717) is 23.0 Å². The van der Waals surface area contributed by atoms with Crippen LogP contribution < -0.4 is 5.32 Å². The number of carbonyl (C=O) groups is 2. The summed E-state index contributed by atoms with van der Waals surface area (Å²) in [4.78, 5) is 28.6. The highest BCUT2D eigenvalue weighted by Gasteiger charge is 2.14. The van der Waals surface area contributed by atoms with Crippen molar-refractivity contribution in [2.24, 2.45) is 0 Å². The van der Waals surface area contributed by atoms with Gasteiger partial charge in [-0.15, -0.1) is 0 Å². The SMILES string of the molecule is Cc1cc(NC(=O)COC(=O)c2ccc(-n3cccn3)nc2)n(-c2ccc(F)cc2)n1. The average molecular weight is 420 g/mol. The van der Waals surface area contributed by atoms with Gasteiger partial charge in [-0.3, -0.25) is 4.79 Å². The lowest BCUT2D eigenvalue weighted by Crippen LogP contribution is -2.22. The zero-order valence-electron chi connectivity index (χ0n) is 16.4. The van der Waals surface area contributed by atoms with Gasteiger partial charge in [-0.05, 0) is 49.4 Å². The van der Waals surface area contributed by atoms with Gasteiger partial charge in [-0.25, -0.2) is 23.5 Å². The molecule has 10 heteroatoms. The molecule has 0 aliphatic heterocycles. The van der Waals surface area contributed by atoms with Crippen LogP contribution in [0, 0.1) is 12.7 Å². The van der Waals surface area contributed by atoms with E-state index in [2.05, 4.69) is 20.5 Å². The summed E-state index contributed by atoms with van der Waals surface area (Å²) in [6, 6.07) is 12.2. The third-order valence-electron chi connectivity index (χ3n) is 4.23. The Labute approximate surface area is 176 Å². The van der Waals surface area contributed by atoms with E-state index in [9.17, 15) is 14.0 Å². The van der Waals surface area contributed by atoms with Gasteiger partial charge >= 0.3 is 5.97 Å². The zero-order valence-corrected chi connectivity index (χ0v) is 16.4. The highest BCUT2D eigenvalue weighted by atomic mass is 19.1. The molecule has 156 valence electrons. The maximum absolute atomic E-state index is 13.2. The number of rotatable bonds is 6. The zero-order chi connectivity index (χ0) is 21.8. The van der Waals surface area contributed by atoms with E-state index in [-0.39, 0.29) is 11.4 Å². The van der Waals surface area contributed by atoms with Crippen molar-refractivity contribution in [1.82, 2.24) is 24.5 Å². The third kappa shape index (κ3) is 4.64. The molecule has 0 radical (unpaired) electrons. The molecule has 0 atom stereocenters. The molecule has 4 rings (SSSR count). The van der Waals surface area contributed by atoms with Crippen molar-refractivity contribution in [1.29, 1.82) is 0 Å². The molecular formula is C21H17FN6O3. The van der Waals surface area contributed by atoms with Crippen LogP contribution in [0.3, 0.4) is 0 Å². The lowest BCUT2D eigenvalue weighted by molar-refractivity contribution is -0.119. The second-order valence-electron chi connectivity index (χ2n) is 6.54. The number of halogens is 1. The summed E-state index contributed by atoms with van der Waals surface area (Å²) in [5.41, 5.74) is 1.43. The maximum Gasteiger partial charge on any atom is 0.340 e. The van der Waals surface area contributed by atoms with Gasteiger partial charge in [0, 0.05) is 24.7 Å². The number of benzene rings is 1. The number of nitrogens with zero attached hydrogens (tertiary/aromatic N) is 5. The summed E-state index contributed by atoms with van der Waals surface area (Å²) in [7, 11) is 0. The van der Waals surface area contributed by atoms with Crippen LogP contribution in [0.15, 0.2) is 67.1 Å². The van der Waals surface area contributed by atoms with Gasteiger partial charge in [0.05, 0.1) is 16.9 Å². The second-order valence-corrected chi connectivity index (χ2v) is 6.54. The minimum atomic E-state index is -0.683. The summed E-state index contributed by atoms with van der Waals surface area (Å²) in [5, 5.41) is 11.0. The molecule has 0 saturated carbocycles. The first kappa shape index (κ1) is 20.0. The minimum Gasteiger partial charge on any atom is -0.452 e. The Hall–Kier alpha value is -4.34. The highest BCUT2D eigenvalue weighted by Crippen LogP contribution is 2.17. The average Bonchev–Trinajstić information content (AvgIpc) is 3.43. The molecule has 3 aromatic heterocycles. The normalized spacial score (nSPS) is 10.6. The monoisotopic (exact) mass is 420 g/mol. The minimum absolute atomic E-state index is 0.205. The molecule has 0 aliphatic carbocycles. The number of pyridine rings is 1. The van der Waals surface area contributed by atoms with Crippen LogP contribution in [0.4, 0.5) is 10.2 Å². The molecule has 31 heavy (non-hydrogen) atoms. The fraction of sp³-hybridized carbons (Fsp3) is 0.0952. The Bertz CT molecular complexity index is 1200. The van der Waals surface area contributed by atoms with E-state index in [1.54, 1.807) is 42.2 Å². The van der Waals surface area contributed by atoms with E-state index in [4.69, 9.17) is 4.74 Å². The lowest BCUT2D eigenvalue weighted by Gasteiger charge is -2.09. The Kier molecular flexibility index (Phi) is 5.52. The first-order chi connectivity index (χ1) is 15.0. The van der Waals surface area contributed by atoms with Crippen LogP contribution in [0.25, 0.3) is 11.5 Å². The first-order valence-corrected chi connectivity index (χ1v) is 9.25. The van der Waals surface area contributed by atoms with E-state index in [0.717, 1.165) is 0 Å². The molecule has 0 unspecified atom stereocenters. The van der Waals surface area contributed by atoms with Crippen molar-refractivity contribution in [2.75, 3.05) is 11.9 Å². The smallest absolute Gasteiger partial charge is 0.340 e. The number of nitrogens with one attached hydrogen (secondary N) is 1. The molecule has 4 aromatic rings. The molecule has 0 fully saturated rings. The fourth-order valence-corrected chi connectivity index (χ4v) is 2.81. The third-order valence-corrected chi connectivity index (χ3v) is 4.23. The van der Waals surface area contributed by atoms with Gasteiger partial charge in [-0.2, -0.15) is 10.2 Å². The quantitative estimate of drug-likeness (QED) is 0.481. The molecule has 0 spiro atoms. The highest BCUT2D eigenvalue weighted by molar-refractivity contribution is 5.95. The number of ether oxygens (including phenoxy) is 1. The summed E-state index contributed by atoms with van der Waals surface area (Å²) in [6.07, 6.45) is 4.69. The number of aromatic nitrogens is 5. The molecule has 0 saturated heterocycles. The number of amides is 1. The van der Waals surface area contributed by atoms with E-state index >= 15 is 0 Å². The Morgan fingerprint density at radius 2 is 1.97 bits per heavy atom. The van der Waals surface area contributed by atoms with Crippen molar-refractivity contribution in [3.63, 3.8) is 0 Å². The summed E-state index contributed by atoms with van der Waals surface area (Å²) in [6.45, 7) is 1.27. The molecular weight excluding hydrogens is 403 g/mol. The van der Waals surface area contributed by atoms with Crippen molar-refractivity contribution in [2.45, 2.75) is 6.92 Å². The maximum atomic E-state index is 13.2. The number of aryl methyl sites for hydroxylation is 1.